The normalized spacial score (nSPS) is 20.5. The van der Waals surface area contributed by atoms with Gasteiger partial charge in [0.2, 0.25) is 11.8 Å². The summed E-state index contributed by atoms with van der Waals surface area (Å²) in [6.07, 6.45) is 5.28. The van der Waals surface area contributed by atoms with Crippen molar-refractivity contribution in [3.8, 4) is 5.75 Å². The Kier molecular flexibility index (Phi) is 6.36. The predicted molar refractivity (Wildman–Crippen MR) is 118 cm³/mol. The third-order valence-corrected chi connectivity index (χ3v) is 6.45. The molecule has 0 aromatic heterocycles. The second-order valence-electron chi connectivity index (χ2n) is 8.26. The molecule has 1 aliphatic carbocycles. The van der Waals surface area contributed by atoms with Crippen LogP contribution in [0.25, 0.3) is 0 Å². The number of para-hydroxylation sites is 1. The lowest BCUT2D eigenvalue weighted by Crippen LogP contribution is -2.45. The number of ether oxygens (including phenoxy) is 1. The Labute approximate surface area is 178 Å². The predicted octanol–water partition coefficient (Wildman–Crippen LogP) is 3.75. The summed E-state index contributed by atoms with van der Waals surface area (Å²) in [5.74, 6) is 0.527. The van der Waals surface area contributed by atoms with E-state index in [4.69, 9.17) is 4.74 Å². The van der Waals surface area contributed by atoms with Gasteiger partial charge in [-0.3, -0.25) is 9.59 Å². The molecule has 158 valence electrons. The van der Waals surface area contributed by atoms with Crippen molar-refractivity contribution in [1.82, 2.24) is 5.32 Å². The number of nitrogens with zero attached hydrogens (tertiary/aromatic N) is 1. The van der Waals surface area contributed by atoms with E-state index in [9.17, 15) is 9.59 Å². The summed E-state index contributed by atoms with van der Waals surface area (Å²) in [5, 5.41) is 3.08. The molecule has 1 heterocycles. The van der Waals surface area contributed by atoms with Gasteiger partial charge in [-0.2, -0.15) is 0 Å². The molecule has 5 nitrogen and oxygen atoms in total. The number of benzene rings is 2. The van der Waals surface area contributed by atoms with Crippen LogP contribution in [0.15, 0.2) is 48.5 Å². The fourth-order valence-corrected chi connectivity index (χ4v) is 4.76. The van der Waals surface area contributed by atoms with Gasteiger partial charge in [0, 0.05) is 24.7 Å². The number of amides is 2. The lowest BCUT2D eigenvalue weighted by molar-refractivity contribution is -0.135. The van der Waals surface area contributed by atoms with Crippen LogP contribution < -0.4 is 15.0 Å². The highest BCUT2D eigenvalue weighted by Gasteiger charge is 2.39. The van der Waals surface area contributed by atoms with Gasteiger partial charge in [-0.05, 0) is 55.0 Å². The van der Waals surface area contributed by atoms with E-state index in [1.807, 2.05) is 47.4 Å². The third-order valence-electron chi connectivity index (χ3n) is 6.45. The first kappa shape index (κ1) is 20.5. The van der Waals surface area contributed by atoms with Gasteiger partial charge in [-0.25, -0.2) is 0 Å². The van der Waals surface area contributed by atoms with E-state index in [1.165, 1.54) is 5.56 Å². The van der Waals surface area contributed by atoms with E-state index < -0.39 is 0 Å². The van der Waals surface area contributed by atoms with E-state index in [1.54, 1.807) is 7.11 Å². The largest absolute Gasteiger partial charge is 0.497 e. The van der Waals surface area contributed by atoms with Crippen molar-refractivity contribution in [2.45, 2.75) is 38.5 Å². The summed E-state index contributed by atoms with van der Waals surface area (Å²) in [7, 11) is 1.65. The van der Waals surface area contributed by atoms with Gasteiger partial charge in [0.15, 0.2) is 0 Å². The van der Waals surface area contributed by atoms with Crippen molar-refractivity contribution >= 4 is 17.5 Å². The molecule has 2 aromatic rings. The number of anilines is 1. The molecule has 1 N–H and O–H groups in total. The number of hydrogen-bond donors (Lipinski definition) is 1. The first-order valence-corrected chi connectivity index (χ1v) is 11.0. The number of rotatable bonds is 6. The highest BCUT2D eigenvalue weighted by atomic mass is 16.5. The van der Waals surface area contributed by atoms with E-state index in [0.717, 1.165) is 62.1 Å². The SMILES string of the molecule is COc1ccc(CCNC(=O)C2CCCCC2C(=O)N2CCc3ccccc32)cc1. The van der Waals surface area contributed by atoms with E-state index in [0.29, 0.717) is 6.54 Å². The molecule has 1 saturated carbocycles. The summed E-state index contributed by atoms with van der Waals surface area (Å²) < 4.78 is 5.18. The molecule has 2 amide bonds. The molecule has 0 saturated heterocycles. The summed E-state index contributed by atoms with van der Waals surface area (Å²) >= 11 is 0. The van der Waals surface area contributed by atoms with Gasteiger partial charge >= 0.3 is 0 Å². The first-order valence-electron chi connectivity index (χ1n) is 11.0. The maximum absolute atomic E-state index is 13.4. The van der Waals surface area contributed by atoms with E-state index in [2.05, 4.69) is 11.4 Å². The molecule has 30 heavy (non-hydrogen) atoms. The average Bonchev–Trinajstić information content (AvgIpc) is 3.23. The Hall–Kier alpha value is -2.82. The van der Waals surface area contributed by atoms with Gasteiger partial charge < -0.3 is 15.0 Å². The minimum atomic E-state index is -0.227. The molecule has 2 aromatic carbocycles. The number of fused-ring (bicyclic) bond motifs is 1. The van der Waals surface area contributed by atoms with Crippen molar-refractivity contribution in [2.24, 2.45) is 11.8 Å². The number of carbonyl (C=O) groups excluding carboxylic acids is 2. The zero-order valence-corrected chi connectivity index (χ0v) is 17.6. The van der Waals surface area contributed by atoms with Crippen LogP contribution in [0.1, 0.15) is 36.8 Å². The van der Waals surface area contributed by atoms with Crippen LogP contribution in [-0.4, -0.2) is 32.0 Å². The van der Waals surface area contributed by atoms with Crippen LogP contribution in [0.3, 0.4) is 0 Å². The van der Waals surface area contributed by atoms with E-state index in [-0.39, 0.29) is 23.7 Å². The minimum absolute atomic E-state index is 0.0223. The zero-order valence-electron chi connectivity index (χ0n) is 17.6. The highest BCUT2D eigenvalue weighted by Crippen LogP contribution is 2.35. The van der Waals surface area contributed by atoms with Crippen LogP contribution in [0, 0.1) is 11.8 Å². The van der Waals surface area contributed by atoms with E-state index >= 15 is 0 Å². The lowest BCUT2D eigenvalue weighted by Gasteiger charge is -2.32. The summed E-state index contributed by atoms with van der Waals surface area (Å²) in [5.41, 5.74) is 3.40. The van der Waals surface area contributed by atoms with Crippen molar-refractivity contribution in [2.75, 3.05) is 25.1 Å². The van der Waals surface area contributed by atoms with Crippen LogP contribution >= 0.6 is 0 Å². The van der Waals surface area contributed by atoms with Crippen LogP contribution in [0.4, 0.5) is 5.69 Å². The van der Waals surface area contributed by atoms with Crippen molar-refractivity contribution in [3.63, 3.8) is 0 Å². The van der Waals surface area contributed by atoms with Crippen LogP contribution in [0.5, 0.6) is 5.75 Å². The Morgan fingerprint density at radius 2 is 1.77 bits per heavy atom. The number of nitrogens with one attached hydrogen (secondary N) is 1. The smallest absolute Gasteiger partial charge is 0.230 e. The lowest BCUT2D eigenvalue weighted by atomic mass is 9.77. The minimum Gasteiger partial charge on any atom is -0.497 e. The topological polar surface area (TPSA) is 58.6 Å². The zero-order chi connectivity index (χ0) is 20.9. The Morgan fingerprint density at radius 3 is 2.53 bits per heavy atom. The fraction of sp³-hybridized carbons (Fsp3) is 0.440. The van der Waals surface area contributed by atoms with Gasteiger partial charge in [0.1, 0.15) is 5.75 Å². The maximum atomic E-state index is 13.4. The van der Waals surface area contributed by atoms with Gasteiger partial charge in [-0.1, -0.05) is 43.2 Å². The molecule has 0 bridgehead atoms. The second-order valence-corrected chi connectivity index (χ2v) is 8.26. The molecule has 5 heteroatoms. The quantitative estimate of drug-likeness (QED) is 0.795. The molecule has 0 spiro atoms. The molecular weight excluding hydrogens is 376 g/mol. The Bertz CT molecular complexity index is 894. The van der Waals surface area contributed by atoms with Crippen LogP contribution in [0.2, 0.25) is 0 Å². The van der Waals surface area contributed by atoms with Gasteiger partial charge in [-0.15, -0.1) is 0 Å². The monoisotopic (exact) mass is 406 g/mol. The molecular formula is C25H30N2O3. The van der Waals surface area contributed by atoms with Gasteiger partial charge in [0.05, 0.1) is 13.0 Å². The first-order chi connectivity index (χ1) is 14.7. The average molecular weight is 407 g/mol. The van der Waals surface area contributed by atoms with Crippen LogP contribution in [-0.2, 0) is 22.4 Å². The van der Waals surface area contributed by atoms with Crippen molar-refractivity contribution in [3.05, 3.63) is 59.7 Å². The molecule has 0 radical (unpaired) electrons. The molecule has 2 unspecified atom stereocenters. The summed E-state index contributed by atoms with van der Waals surface area (Å²) in [4.78, 5) is 28.2. The second kappa shape index (κ2) is 9.33. The molecule has 2 aliphatic rings. The van der Waals surface area contributed by atoms with Crippen molar-refractivity contribution < 1.29 is 14.3 Å². The van der Waals surface area contributed by atoms with Crippen molar-refractivity contribution in [1.29, 1.82) is 0 Å². The highest BCUT2D eigenvalue weighted by molar-refractivity contribution is 5.99. The Balaban J connectivity index is 1.37. The standard InChI is InChI=1S/C25H30N2O3/c1-30-20-12-10-18(11-13-20)14-16-26-24(28)21-7-3-4-8-22(21)25(29)27-17-15-19-6-2-5-9-23(19)27/h2,5-6,9-13,21-22H,3-4,7-8,14-17H2,1H3,(H,26,28). The fourth-order valence-electron chi connectivity index (χ4n) is 4.76. The summed E-state index contributed by atoms with van der Waals surface area (Å²) in [6, 6.07) is 16.0. The molecule has 1 aliphatic heterocycles. The summed E-state index contributed by atoms with van der Waals surface area (Å²) in [6.45, 7) is 1.30. The number of carbonyl (C=O) groups is 2. The Morgan fingerprint density at radius 1 is 1.03 bits per heavy atom. The molecule has 2 atom stereocenters. The number of hydrogen-bond acceptors (Lipinski definition) is 3. The molecule has 4 rings (SSSR count). The molecule has 1 fully saturated rings. The third kappa shape index (κ3) is 4.35. The number of methoxy groups -OCH3 is 1. The maximum Gasteiger partial charge on any atom is 0.230 e. The van der Waals surface area contributed by atoms with Gasteiger partial charge in [0.25, 0.3) is 0 Å².